The highest BCUT2D eigenvalue weighted by Crippen LogP contribution is 2.21. The van der Waals surface area contributed by atoms with Crippen LogP contribution in [0.15, 0.2) is 42.5 Å². The third kappa shape index (κ3) is 8.47. The van der Waals surface area contributed by atoms with Gasteiger partial charge in [0.2, 0.25) is 0 Å². The van der Waals surface area contributed by atoms with Crippen molar-refractivity contribution >= 4 is 10.8 Å². The maximum atomic E-state index is 2.54. The summed E-state index contributed by atoms with van der Waals surface area (Å²) < 4.78 is 0. The van der Waals surface area contributed by atoms with Gasteiger partial charge in [0, 0.05) is 0 Å². The molecule has 1 heteroatoms. The molecule has 0 amide bonds. The summed E-state index contributed by atoms with van der Waals surface area (Å²) in [5, 5.41) is 2.83. The third-order valence-corrected chi connectivity index (χ3v) is 5.94. The summed E-state index contributed by atoms with van der Waals surface area (Å²) in [6, 6.07) is 15.5. The molecule has 0 aliphatic heterocycles. The topological polar surface area (TPSA) is 3.24 Å². The molecule has 150 valence electrons. The minimum absolute atomic E-state index is 1.21. The van der Waals surface area contributed by atoms with Crippen LogP contribution in [0.3, 0.4) is 0 Å². The van der Waals surface area contributed by atoms with Gasteiger partial charge >= 0.3 is 0 Å². The molecule has 0 saturated carbocycles. The number of fused-ring (bicyclic) bond motifs is 1. The zero-order valence-electron chi connectivity index (χ0n) is 17.9. The Bertz CT molecular complexity index is 609. The van der Waals surface area contributed by atoms with E-state index in [2.05, 4.69) is 61.2 Å². The van der Waals surface area contributed by atoms with Gasteiger partial charge in [0.05, 0.1) is 0 Å². The van der Waals surface area contributed by atoms with Crippen LogP contribution in [0.5, 0.6) is 0 Å². The predicted molar refractivity (Wildman–Crippen MR) is 122 cm³/mol. The molecule has 0 spiro atoms. The third-order valence-electron chi connectivity index (χ3n) is 5.94. The first-order valence-electron chi connectivity index (χ1n) is 11.5. The molecule has 0 N–H and O–H groups in total. The lowest BCUT2D eigenvalue weighted by atomic mass is 9.99. The highest BCUT2D eigenvalue weighted by molar-refractivity contribution is 5.85. The van der Waals surface area contributed by atoms with Crippen molar-refractivity contribution in [2.45, 2.75) is 84.5 Å². The molecular formula is C26H41N. The van der Waals surface area contributed by atoms with Gasteiger partial charge in [0.15, 0.2) is 0 Å². The minimum Gasteiger partial charge on any atom is -0.304 e. The first-order chi connectivity index (χ1) is 13.3. The Hall–Kier alpha value is -1.34. The number of unbranched alkanes of at least 4 members (excludes halogenated alkanes) is 9. The van der Waals surface area contributed by atoms with Gasteiger partial charge in [-0.1, -0.05) is 108 Å². The first kappa shape index (κ1) is 22.0. The van der Waals surface area contributed by atoms with E-state index in [1.165, 1.54) is 107 Å². The standard InChI is InChI=1S/C26H41N/c1-3-27(4-2)23-16-12-10-8-6-5-7-9-11-13-18-24-20-17-21-25-19-14-15-22-26(24)25/h14-15,17,19-22H,3-13,16,18,23H2,1-2H3. The fraction of sp³-hybridized carbons (Fsp3) is 0.615. The normalized spacial score (nSPS) is 11.5. The van der Waals surface area contributed by atoms with Crippen LogP contribution >= 0.6 is 0 Å². The SMILES string of the molecule is CCN(CC)CCCCCCCCCCCCc1cccc2ccccc12. The van der Waals surface area contributed by atoms with E-state index in [4.69, 9.17) is 0 Å². The Labute approximate surface area is 168 Å². The van der Waals surface area contributed by atoms with E-state index in [-0.39, 0.29) is 0 Å². The molecule has 2 rings (SSSR count). The van der Waals surface area contributed by atoms with Crippen LogP contribution in [0.1, 0.15) is 83.6 Å². The van der Waals surface area contributed by atoms with Crippen LogP contribution in [-0.2, 0) is 6.42 Å². The number of benzene rings is 2. The van der Waals surface area contributed by atoms with Gasteiger partial charge in [-0.3, -0.25) is 0 Å². The zero-order valence-corrected chi connectivity index (χ0v) is 17.9. The van der Waals surface area contributed by atoms with Crippen molar-refractivity contribution in [2.75, 3.05) is 19.6 Å². The van der Waals surface area contributed by atoms with Gasteiger partial charge in [-0.2, -0.15) is 0 Å². The van der Waals surface area contributed by atoms with E-state index in [9.17, 15) is 0 Å². The summed E-state index contributed by atoms with van der Waals surface area (Å²) in [5.41, 5.74) is 1.53. The van der Waals surface area contributed by atoms with Crippen molar-refractivity contribution in [2.24, 2.45) is 0 Å². The molecule has 0 radical (unpaired) electrons. The molecule has 0 aliphatic carbocycles. The highest BCUT2D eigenvalue weighted by Gasteiger charge is 2.01. The lowest BCUT2D eigenvalue weighted by Gasteiger charge is -2.17. The van der Waals surface area contributed by atoms with Crippen molar-refractivity contribution in [1.29, 1.82) is 0 Å². The number of rotatable bonds is 15. The van der Waals surface area contributed by atoms with E-state index in [0.29, 0.717) is 0 Å². The Balaban J connectivity index is 1.44. The molecule has 0 heterocycles. The van der Waals surface area contributed by atoms with E-state index in [1.54, 1.807) is 0 Å². The lowest BCUT2D eigenvalue weighted by Crippen LogP contribution is -2.23. The summed E-state index contributed by atoms with van der Waals surface area (Å²) in [6.45, 7) is 8.24. The van der Waals surface area contributed by atoms with Gasteiger partial charge in [-0.05, 0) is 55.2 Å². The molecule has 1 nitrogen and oxygen atoms in total. The Morgan fingerprint density at radius 2 is 1.15 bits per heavy atom. The summed E-state index contributed by atoms with van der Waals surface area (Å²) in [4.78, 5) is 2.54. The van der Waals surface area contributed by atoms with Crippen LogP contribution in [0.25, 0.3) is 10.8 Å². The summed E-state index contributed by atoms with van der Waals surface area (Å²) in [5.74, 6) is 0. The van der Waals surface area contributed by atoms with Gasteiger partial charge in [0.25, 0.3) is 0 Å². The number of hydrogen-bond donors (Lipinski definition) is 0. The number of aryl methyl sites for hydroxylation is 1. The Morgan fingerprint density at radius 3 is 1.81 bits per heavy atom. The van der Waals surface area contributed by atoms with Crippen LogP contribution in [-0.4, -0.2) is 24.5 Å². The van der Waals surface area contributed by atoms with Gasteiger partial charge in [0.1, 0.15) is 0 Å². The van der Waals surface area contributed by atoms with Crippen LogP contribution < -0.4 is 0 Å². The fourth-order valence-corrected chi connectivity index (χ4v) is 4.12. The second kappa shape index (κ2) is 13.8. The zero-order chi connectivity index (χ0) is 19.2. The van der Waals surface area contributed by atoms with E-state index < -0.39 is 0 Å². The molecule has 0 saturated heterocycles. The van der Waals surface area contributed by atoms with Crippen molar-refractivity contribution in [1.82, 2.24) is 4.90 Å². The summed E-state index contributed by atoms with van der Waals surface area (Å²) in [7, 11) is 0. The second-order valence-corrected chi connectivity index (χ2v) is 7.95. The Morgan fingerprint density at radius 1 is 0.593 bits per heavy atom. The molecular weight excluding hydrogens is 326 g/mol. The smallest absolute Gasteiger partial charge is 0.00190 e. The van der Waals surface area contributed by atoms with Gasteiger partial charge in [-0.25, -0.2) is 0 Å². The van der Waals surface area contributed by atoms with E-state index >= 15 is 0 Å². The summed E-state index contributed by atoms with van der Waals surface area (Å²) in [6.07, 6.45) is 15.3. The van der Waals surface area contributed by atoms with Crippen LogP contribution in [0.2, 0.25) is 0 Å². The highest BCUT2D eigenvalue weighted by atomic mass is 15.1. The lowest BCUT2D eigenvalue weighted by molar-refractivity contribution is 0.295. The molecule has 0 aromatic heterocycles. The molecule has 0 aliphatic rings. The molecule has 2 aromatic rings. The van der Waals surface area contributed by atoms with Crippen molar-refractivity contribution in [3.05, 3.63) is 48.0 Å². The monoisotopic (exact) mass is 367 g/mol. The summed E-state index contributed by atoms with van der Waals surface area (Å²) >= 11 is 0. The number of nitrogens with zero attached hydrogens (tertiary/aromatic N) is 1. The molecule has 2 aromatic carbocycles. The van der Waals surface area contributed by atoms with Crippen molar-refractivity contribution in [3.8, 4) is 0 Å². The predicted octanol–water partition coefficient (Wildman–Crippen LogP) is 7.63. The quantitative estimate of drug-likeness (QED) is 0.292. The van der Waals surface area contributed by atoms with E-state index in [1.807, 2.05) is 0 Å². The van der Waals surface area contributed by atoms with Gasteiger partial charge < -0.3 is 4.90 Å². The second-order valence-electron chi connectivity index (χ2n) is 7.95. The Kier molecular flexibility index (Phi) is 11.2. The molecule has 0 bridgehead atoms. The average Bonchev–Trinajstić information content (AvgIpc) is 2.71. The first-order valence-corrected chi connectivity index (χ1v) is 11.5. The van der Waals surface area contributed by atoms with Gasteiger partial charge in [-0.15, -0.1) is 0 Å². The average molecular weight is 368 g/mol. The largest absolute Gasteiger partial charge is 0.304 e. The maximum absolute atomic E-state index is 2.54. The maximum Gasteiger partial charge on any atom is -0.00190 e. The van der Waals surface area contributed by atoms with Crippen LogP contribution in [0.4, 0.5) is 0 Å². The molecule has 0 fully saturated rings. The molecule has 0 atom stereocenters. The number of hydrogen-bond acceptors (Lipinski definition) is 1. The molecule has 0 unspecified atom stereocenters. The molecule has 27 heavy (non-hydrogen) atoms. The van der Waals surface area contributed by atoms with Crippen molar-refractivity contribution < 1.29 is 0 Å². The van der Waals surface area contributed by atoms with Crippen LogP contribution in [0, 0.1) is 0 Å². The minimum atomic E-state index is 1.21. The fourth-order valence-electron chi connectivity index (χ4n) is 4.12. The van der Waals surface area contributed by atoms with E-state index in [0.717, 1.165) is 0 Å². The van der Waals surface area contributed by atoms with Crippen molar-refractivity contribution in [3.63, 3.8) is 0 Å².